The number of benzene rings is 2. The molecular formula is C21H18IN3O5S. The third-order valence-corrected chi connectivity index (χ3v) is 5.45. The van der Waals surface area contributed by atoms with Gasteiger partial charge >= 0.3 is 0 Å². The summed E-state index contributed by atoms with van der Waals surface area (Å²) in [5, 5.41) is 5.26. The largest absolute Gasteiger partial charge is 0.493 e. The quantitative estimate of drug-likeness (QED) is 0.248. The highest BCUT2D eigenvalue weighted by atomic mass is 127. The van der Waals surface area contributed by atoms with Gasteiger partial charge in [-0.25, -0.2) is 0 Å². The number of thiocarbonyl (C=S) groups is 1. The number of para-hydroxylation sites is 1. The molecule has 0 saturated carbocycles. The Morgan fingerprint density at radius 3 is 2.65 bits per heavy atom. The molecule has 2 aromatic carbocycles. The third kappa shape index (κ3) is 5.39. The second kappa shape index (κ2) is 9.88. The maximum Gasteiger partial charge on any atom is 0.265 e. The Morgan fingerprint density at radius 1 is 1.26 bits per heavy atom. The number of hydrogen-bond donors (Lipinski definition) is 2. The van der Waals surface area contributed by atoms with Gasteiger partial charge in [-0.2, -0.15) is 0 Å². The van der Waals surface area contributed by atoms with Crippen LogP contribution in [-0.2, 0) is 14.4 Å². The summed E-state index contributed by atoms with van der Waals surface area (Å²) in [6.07, 6.45) is 1.45. The van der Waals surface area contributed by atoms with Crippen molar-refractivity contribution in [1.29, 1.82) is 0 Å². The molecule has 1 fully saturated rings. The Balaban J connectivity index is 1.79. The molecule has 31 heavy (non-hydrogen) atoms. The summed E-state index contributed by atoms with van der Waals surface area (Å²) in [5.74, 6) is -0.649. The van der Waals surface area contributed by atoms with Gasteiger partial charge in [-0.05, 0) is 70.7 Å². The van der Waals surface area contributed by atoms with Crippen molar-refractivity contribution < 1.29 is 23.9 Å². The van der Waals surface area contributed by atoms with Crippen molar-refractivity contribution in [2.75, 3.05) is 26.1 Å². The maximum absolute atomic E-state index is 12.4. The molecule has 1 aliphatic rings. The molecule has 3 amide bonds. The zero-order valence-corrected chi connectivity index (χ0v) is 19.6. The Bertz CT molecular complexity index is 1090. The highest BCUT2D eigenvalue weighted by molar-refractivity contribution is 14.1. The fourth-order valence-electron chi connectivity index (χ4n) is 2.73. The Hall–Kier alpha value is -2.99. The van der Waals surface area contributed by atoms with E-state index in [9.17, 15) is 14.4 Å². The monoisotopic (exact) mass is 551 g/mol. The number of nitrogens with one attached hydrogen (secondary N) is 2. The smallest absolute Gasteiger partial charge is 0.265 e. The number of carbonyl (C=O) groups is 3. The number of hydrogen-bond acceptors (Lipinski definition) is 6. The molecule has 1 aliphatic heterocycles. The first-order chi connectivity index (χ1) is 14.8. The van der Waals surface area contributed by atoms with Crippen LogP contribution in [0.2, 0.25) is 0 Å². The number of carbonyl (C=O) groups excluding carboxylic acids is 3. The van der Waals surface area contributed by atoms with Crippen LogP contribution in [0.4, 0.5) is 5.69 Å². The van der Waals surface area contributed by atoms with Crippen LogP contribution >= 0.6 is 34.8 Å². The van der Waals surface area contributed by atoms with Crippen LogP contribution in [-0.4, -0.2) is 48.5 Å². The highest BCUT2D eigenvalue weighted by Gasteiger charge is 2.30. The number of ether oxygens (including phenoxy) is 2. The van der Waals surface area contributed by atoms with E-state index < -0.39 is 11.8 Å². The summed E-state index contributed by atoms with van der Waals surface area (Å²) in [6, 6.07) is 12.4. The lowest BCUT2D eigenvalue weighted by atomic mass is 10.1. The Labute approximate surface area is 197 Å². The Morgan fingerprint density at radius 2 is 1.97 bits per heavy atom. The van der Waals surface area contributed by atoms with Crippen LogP contribution in [0.5, 0.6) is 11.5 Å². The van der Waals surface area contributed by atoms with Crippen LogP contribution in [0, 0.1) is 3.57 Å². The minimum atomic E-state index is -0.569. The predicted molar refractivity (Wildman–Crippen MR) is 128 cm³/mol. The van der Waals surface area contributed by atoms with Crippen molar-refractivity contribution >= 4 is 69.4 Å². The molecule has 1 saturated heterocycles. The SMILES string of the molecule is COc1cc(/C=C2\C(=O)NC(=S)N(C)C2=O)cc(I)c1OCC(=O)Nc1ccccc1. The molecule has 8 nitrogen and oxygen atoms in total. The van der Waals surface area contributed by atoms with Gasteiger partial charge in [0.15, 0.2) is 23.2 Å². The molecule has 0 atom stereocenters. The van der Waals surface area contributed by atoms with E-state index in [2.05, 4.69) is 10.6 Å². The first-order valence-corrected chi connectivity index (χ1v) is 10.5. The number of halogens is 1. The summed E-state index contributed by atoms with van der Waals surface area (Å²) in [5.41, 5.74) is 1.17. The summed E-state index contributed by atoms with van der Waals surface area (Å²) >= 11 is 6.98. The minimum Gasteiger partial charge on any atom is -0.493 e. The topological polar surface area (TPSA) is 97.0 Å². The molecular weight excluding hydrogens is 533 g/mol. The summed E-state index contributed by atoms with van der Waals surface area (Å²) in [4.78, 5) is 37.9. The standard InChI is InChI=1S/C21H18IN3O5S/c1-25-20(28)14(19(27)24-21(25)31)8-12-9-15(22)18(16(10-12)29-2)30-11-17(26)23-13-6-4-3-5-7-13/h3-10H,11H2,1-2H3,(H,23,26)(H,24,27,31)/b14-8+. The van der Waals surface area contributed by atoms with E-state index in [0.717, 1.165) is 0 Å². The van der Waals surface area contributed by atoms with Gasteiger partial charge < -0.3 is 14.8 Å². The van der Waals surface area contributed by atoms with Crippen LogP contribution in [0.25, 0.3) is 6.08 Å². The molecule has 2 aromatic rings. The molecule has 0 spiro atoms. The van der Waals surface area contributed by atoms with Gasteiger partial charge in [0, 0.05) is 12.7 Å². The fourth-order valence-corrected chi connectivity index (χ4v) is 3.69. The van der Waals surface area contributed by atoms with E-state index in [4.69, 9.17) is 21.7 Å². The number of likely N-dealkylation sites (N-methyl/N-ethyl adjacent to an activating group) is 1. The molecule has 0 radical (unpaired) electrons. The van der Waals surface area contributed by atoms with E-state index >= 15 is 0 Å². The fraction of sp³-hybridized carbons (Fsp3) is 0.143. The molecule has 1 heterocycles. The number of methoxy groups -OCH3 is 1. The zero-order valence-electron chi connectivity index (χ0n) is 16.6. The van der Waals surface area contributed by atoms with E-state index in [-0.39, 0.29) is 23.2 Å². The highest BCUT2D eigenvalue weighted by Crippen LogP contribution is 2.35. The van der Waals surface area contributed by atoms with Crippen molar-refractivity contribution in [3.8, 4) is 11.5 Å². The van der Waals surface area contributed by atoms with Crippen molar-refractivity contribution in [1.82, 2.24) is 10.2 Å². The minimum absolute atomic E-state index is 0.0511. The van der Waals surface area contributed by atoms with Gasteiger partial charge in [0.05, 0.1) is 10.7 Å². The normalized spacial score (nSPS) is 15.0. The second-order valence-electron chi connectivity index (χ2n) is 6.42. The van der Waals surface area contributed by atoms with Gasteiger partial charge in [-0.15, -0.1) is 0 Å². The molecule has 10 heteroatoms. The lowest BCUT2D eigenvalue weighted by Gasteiger charge is -2.25. The van der Waals surface area contributed by atoms with Gasteiger partial charge in [0.1, 0.15) is 5.57 Å². The summed E-state index contributed by atoms with van der Waals surface area (Å²) in [6.45, 7) is -0.217. The van der Waals surface area contributed by atoms with Crippen molar-refractivity contribution in [2.45, 2.75) is 0 Å². The van der Waals surface area contributed by atoms with Crippen LogP contribution in [0.3, 0.4) is 0 Å². The predicted octanol–water partition coefficient (Wildman–Crippen LogP) is 2.57. The first kappa shape index (κ1) is 22.7. The van der Waals surface area contributed by atoms with E-state index in [0.29, 0.717) is 26.3 Å². The third-order valence-electron chi connectivity index (χ3n) is 4.27. The van der Waals surface area contributed by atoms with Crippen LogP contribution in [0.15, 0.2) is 48.0 Å². The Kier molecular flexibility index (Phi) is 7.23. The number of rotatable bonds is 6. The van der Waals surface area contributed by atoms with Crippen LogP contribution in [0.1, 0.15) is 5.56 Å². The summed E-state index contributed by atoms with van der Waals surface area (Å²) in [7, 11) is 2.95. The summed E-state index contributed by atoms with van der Waals surface area (Å²) < 4.78 is 11.7. The number of nitrogens with zero attached hydrogens (tertiary/aromatic N) is 1. The molecule has 2 N–H and O–H groups in total. The average molecular weight is 551 g/mol. The number of anilines is 1. The van der Waals surface area contributed by atoms with Crippen LogP contribution < -0.4 is 20.1 Å². The lowest BCUT2D eigenvalue weighted by molar-refractivity contribution is -0.128. The molecule has 0 unspecified atom stereocenters. The number of amides is 3. The molecule has 160 valence electrons. The second-order valence-corrected chi connectivity index (χ2v) is 7.97. The molecule has 3 rings (SSSR count). The molecule has 0 bridgehead atoms. The van der Waals surface area contributed by atoms with E-state index in [1.54, 1.807) is 24.3 Å². The lowest BCUT2D eigenvalue weighted by Crippen LogP contribution is -2.52. The molecule has 0 aromatic heterocycles. The van der Waals surface area contributed by atoms with Crippen molar-refractivity contribution in [3.63, 3.8) is 0 Å². The average Bonchev–Trinajstić information content (AvgIpc) is 2.74. The zero-order chi connectivity index (χ0) is 22.5. The molecule has 0 aliphatic carbocycles. The maximum atomic E-state index is 12.4. The van der Waals surface area contributed by atoms with Gasteiger partial charge in [-0.1, -0.05) is 18.2 Å². The van der Waals surface area contributed by atoms with Crippen molar-refractivity contribution in [2.24, 2.45) is 0 Å². The van der Waals surface area contributed by atoms with Crippen molar-refractivity contribution in [3.05, 3.63) is 57.2 Å². The van der Waals surface area contributed by atoms with Gasteiger partial charge in [0.25, 0.3) is 17.7 Å². The first-order valence-electron chi connectivity index (χ1n) is 9.00. The van der Waals surface area contributed by atoms with Gasteiger partial charge in [0.2, 0.25) is 0 Å². The van der Waals surface area contributed by atoms with E-state index in [1.807, 2.05) is 40.8 Å². The van der Waals surface area contributed by atoms with E-state index in [1.165, 1.54) is 25.1 Å². The van der Waals surface area contributed by atoms with Gasteiger partial charge in [-0.3, -0.25) is 24.6 Å².